The van der Waals surface area contributed by atoms with Gasteiger partial charge in [0.05, 0.1) is 10.5 Å². The van der Waals surface area contributed by atoms with Gasteiger partial charge in [-0.3, -0.25) is 4.79 Å². The Kier molecular flexibility index (Phi) is 3.99. The molecule has 0 atom stereocenters. The van der Waals surface area contributed by atoms with Crippen molar-refractivity contribution in [3.63, 3.8) is 0 Å². The van der Waals surface area contributed by atoms with Crippen LogP contribution in [0.1, 0.15) is 10.4 Å². The van der Waals surface area contributed by atoms with E-state index in [0.29, 0.717) is 0 Å². The van der Waals surface area contributed by atoms with Crippen molar-refractivity contribution in [2.45, 2.75) is 4.90 Å². The molecule has 1 heterocycles. The number of carbonyl (C=O) groups is 1. The molecule has 0 bridgehead atoms. The van der Waals surface area contributed by atoms with Crippen LogP contribution in [0.25, 0.3) is 0 Å². The fraction of sp³-hybridized carbons (Fsp3) is 0.0769. The highest BCUT2D eigenvalue weighted by Crippen LogP contribution is 2.17. The molecule has 0 spiro atoms. The Bertz CT molecular complexity index is 807. The number of nitrogens with one attached hydrogen (secondary N) is 1. The molecule has 2 rings (SSSR count). The van der Waals surface area contributed by atoms with Gasteiger partial charge in [0.25, 0.3) is 5.91 Å². The van der Waals surface area contributed by atoms with Crippen molar-refractivity contribution in [1.82, 2.24) is 4.98 Å². The lowest BCUT2D eigenvalue weighted by Gasteiger charge is -2.07. The Balaban J connectivity index is 2.30. The number of anilines is 1. The lowest BCUT2D eigenvalue weighted by molar-refractivity contribution is 0.102. The van der Waals surface area contributed by atoms with E-state index in [-0.39, 0.29) is 10.6 Å². The summed E-state index contributed by atoms with van der Waals surface area (Å²) in [5, 5.41) is 2.30. The van der Waals surface area contributed by atoms with Crippen molar-refractivity contribution >= 4 is 21.4 Å². The van der Waals surface area contributed by atoms with E-state index < -0.39 is 33.1 Å². The van der Waals surface area contributed by atoms with Crippen molar-refractivity contribution in [2.75, 3.05) is 11.6 Å². The number of nitrogens with zero attached hydrogens (tertiary/aromatic N) is 1. The number of rotatable bonds is 3. The average Bonchev–Trinajstić information content (AvgIpc) is 2.41. The normalized spacial score (nSPS) is 11.2. The van der Waals surface area contributed by atoms with Crippen molar-refractivity contribution in [3.8, 4) is 0 Å². The first-order valence-electron chi connectivity index (χ1n) is 5.70. The predicted molar refractivity (Wildman–Crippen MR) is 71.7 cm³/mol. The summed E-state index contributed by atoms with van der Waals surface area (Å²) in [6.07, 6.45) is 1.98. The van der Waals surface area contributed by atoms with E-state index in [1.54, 1.807) is 0 Å². The van der Waals surface area contributed by atoms with Gasteiger partial charge in [0, 0.05) is 18.1 Å². The number of pyridine rings is 1. The van der Waals surface area contributed by atoms with Gasteiger partial charge < -0.3 is 5.32 Å². The zero-order chi connectivity index (χ0) is 15.6. The second kappa shape index (κ2) is 5.57. The zero-order valence-electron chi connectivity index (χ0n) is 10.8. The van der Waals surface area contributed by atoms with Gasteiger partial charge in [-0.05, 0) is 24.3 Å². The van der Waals surface area contributed by atoms with Gasteiger partial charge in [0.1, 0.15) is 0 Å². The Morgan fingerprint density at radius 1 is 1.24 bits per heavy atom. The largest absolute Gasteiger partial charge is 0.322 e. The summed E-state index contributed by atoms with van der Waals surface area (Å²) >= 11 is 0. The van der Waals surface area contributed by atoms with Crippen molar-refractivity contribution in [2.24, 2.45) is 0 Å². The summed E-state index contributed by atoms with van der Waals surface area (Å²) in [7, 11) is -3.44. The highest BCUT2D eigenvalue weighted by Gasteiger charge is 2.16. The number of sulfone groups is 1. The van der Waals surface area contributed by atoms with Gasteiger partial charge in [-0.15, -0.1) is 0 Å². The molecular weight excluding hydrogens is 302 g/mol. The van der Waals surface area contributed by atoms with Gasteiger partial charge in [0.15, 0.2) is 15.7 Å². The van der Waals surface area contributed by atoms with Gasteiger partial charge >= 0.3 is 0 Å². The van der Waals surface area contributed by atoms with Crippen LogP contribution in [0.4, 0.5) is 14.5 Å². The third-order valence-electron chi connectivity index (χ3n) is 2.61. The van der Waals surface area contributed by atoms with Crippen LogP contribution in [0.3, 0.4) is 0 Å². The molecule has 1 N–H and O–H groups in total. The monoisotopic (exact) mass is 312 g/mol. The molecule has 110 valence electrons. The predicted octanol–water partition coefficient (Wildman–Crippen LogP) is 2.02. The van der Waals surface area contributed by atoms with Gasteiger partial charge in [-0.1, -0.05) is 6.07 Å². The Hall–Kier alpha value is -2.35. The van der Waals surface area contributed by atoms with Gasteiger partial charge in [-0.2, -0.15) is 4.39 Å². The van der Waals surface area contributed by atoms with Gasteiger partial charge in [-0.25, -0.2) is 17.8 Å². The third kappa shape index (κ3) is 3.40. The van der Waals surface area contributed by atoms with Crippen LogP contribution in [0.15, 0.2) is 41.4 Å². The van der Waals surface area contributed by atoms with E-state index in [0.717, 1.165) is 18.5 Å². The number of benzene rings is 1. The third-order valence-corrected chi connectivity index (χ3v) is 3.72. The van der Waals surface area contributed by atoms with Crippen LogP contribution in [-0.4, -0.2) is 25.6 Å². The Morgan fingerprint density at radius 2 is 1.95 bits per heavy atom. The second-order valence-electron chi connectivity index (χ2n) is 4.22. The topological polar surface area (TPSA) is 76.1 Å². The quantitative estimate of drug-likeness (QED) is 0.880. The number of halogens is 2. The molecule has 1 amide bonds. The fourth-order valence-corrected chi connectivity index (χ4v) is 2.26. The molecule has 0 aliphatic heterocycles. The number of carbonyl (C=O) groups excluding carboxylic acids is 1. The molecule has 0 unspecified atom stereocenters. The molecule has 2 aromatic rings. The zero-order valence-corrected chi connectivity index (χ0v) is 11.6. The molecule has 0 fully saturated rings. The lowest BCUT2D eigenvalue weighted by Crippen LogP contribution is -2.15. The lowest BCUT2D eigenvalue weighted by atomic mass is 10.2. The summed E-state index contributed by atoms with van der Waals surface area (Å²) in [6, 6.07) is 6.46. The molecule has 21 heavy (non-hydrogen) atoms. The smallest absolute Gasteiger partial charge is 0.258 e. The minimum atomic E-state index is -3.44. The SMILES string of the molecule is CS(=O)(=O)c1cccc(NC(=O)c2ccnc(F)c2F)c1. The van der Waals surface area contributed by atoms with Gasteiger partial charge in [0.2, 0.25) is 5.95 Å². The standard InChI is InChI=1S/C13H10F2N2O3S/c1-21(19,20)9-4-2-3-8(7-9)17-13(18)10-5-6-16-12(15)11(10)14/h2-7H,1H3,(H,17,18). The van der Waals surface area contributed by atoms with Crippen molar-refractivity contribution < 1.29 is 22.0 Å². The van der Waals surface area contributed by atoms with E-state index in [9.17, 15) is 22.0 Å². The number of amides is 1. The summed E-state index contributed by atoms with van der Waals surface area (Å²) in [4.78, 5) is 14.9. The number of hydrogen-bond acceptors (Lipinski definition) is 4. The van der Waals surface area contributed by atoms with Crippen LogP contribution >= 0.6 is 0 Å². The van der Waals surface area contributed by atoms with E-state index in [2.05, 4.69) is 10.3 Å². The van der Waals surface area contributed by atoms with Crippen LogP contribution in [0, 0.1) is 11.8 Å². The van der Waals surface area contributed by atoms with E-state index in [4.69, 9.17) is 0 Å². The van der Waals surface area contributed by atoms with Crippen LogP contribution < -0.4 is 5.32 Å². The van der Waals surface area contributed by atoms with Crippen molar-refractivity contribution in [3.05, 3.63) is 53.9 Å². The molecule has 0 saturated carbocycles. The molecule has 0 aliphatic carbocycles. The molecule has 8 heteroatoms. The number of aromatic nitrogens is 1. The Labute approximate surface area is 119 Å². The maximum Gasteiger partial charge on any atom is 0.258 e. The summed E-state index contributed by atoms with van der Waals surface area (Å²) < 4.78 is 49.2. The van der Waals surface area contributed by atoms with Crippen LogP contribution in [-0.2, 0) is 9.84 Å². The first kappa shape index (κ1) is 15.0. The van der Waals surface area contributed by atoms with E-state index in [1.807, 2.05) is 0 Å². The average molecular weight is 312 g/mol. The number of hydrogen-bond donors (Lipinski definition) is 1. The Morgan fingerprint density at radius 3 is 2.62 bits per heavy atom. The molecule has 0 saturated heterocycles. The minimum absolute atomic E-state index is 0.00156. The molecular formula is C13H10F2N2O3S. The fourth-order valence-electron chi connectivity index (χ4n) is 1.60. The van der Waals surface area contributed by atoms with Crippen LogP contribution in [0.5, 0.6) is 0 Å². The summed E-state index contributed by atoms with van der Waals surface area (Å²) in [5.74, 6) is -3.65. The summed E-state index contributed by atoms with van der Waals surface area (Å²) in [5.41, 5.74) is -0.369. The van der Waals surface area contributed by atoms with Crippen molar-refractivity contribution in [1.29, 1.82) is 0 Å². The maximum absolute atomic E-state index is 13.4. The van der Waals surface area contributed by atoms with Crippen LogP contribution in [0.2, 0.25) is 0 Å². The minimum Gasteiger partial charge on any atom is -0.322 e. The molecule has 5 nitrogen and oxygen atoms in total. The maximum atomic E-state index is 13.4. The first-order chi connectivity index (χ1) is 9.79. The molecule has 0 aliphatic rings. The van der Waals surface area contributed by atoms with E-state index >= 15 is 0 Å². The molecule has 0 radical (unpaired) electrons. The highest BCUT2D eigenvalue weighted by molar-refractivity contribution is 7.90. The highest BCUT2D eigenvalue weighted by atomic mass is 32.2. The molecule has 1 aromatic heterocycles. The first-order valence-corrected chi connectivity index (χ1v) is 7.59. The summed E-state index contributed by atoms with van der Waals surface area (Å²) in [6.45, 7) is 0. The van der Waals surface area contributed by atoms with E-state index in [1.165, 1.54) is 24.3 Å². The second-order valence-corrected chi connectivity index (χ2v) is 6.23. The molecule has 1 aromatic carbocycles.